The molecule has 1 N–H and O–H groups in total. The Bertz CT molecular complexity index is 335. The molecule has 1 fully saturated rings. The lowest BCUT2D eigenvalue weighted by molar-refractivity contribution is 0.548. The second-order valence-electron chi connectivity index (χ2n) is 3.94. The van der Waals surface area contributed by atoms with E-state index in [0.29, 0.717) is 13.0 Å². The summed E-state index contributed by atoms with van der Waals surface area (Å²) in [6, 6.07) is 0.0164. The summed E-state index contributed by atoms with van der Waals surface area (Å²) < 4.78 is 22.5. The minimum atomic E-state index is -2.82. The van der Waals surface area contributed by atoms with Crippen LogP contribution in [-0.4, -0.2) is 57.5 Å². The van der Waals surface area contributed by atoms with E-state index >= 15 is 0 Å². The fourth-order valence-corrected chi connectivity index (χ4v) is 3.23. The predicted octanol–water partition coefficient (Wildman–Crippen LogP) is -0.299. The van der Waals surface area contributed by atoms with Crippen LogP contribution in [0.5, 0.6) is 0 Å². The quantitative estimate of drug-likeness (QED) is 0.525. The molecule has 6 heteroatoms. The minimum Gasteiger partial charge on any atom is -0.352 e. The van der Waals surface area contributed by atoms with E-state index in [0.717, 1.165) is 5.96 Å². The number of nitrogens with one attached hydrogen (secondary N) is 1. The first kappa shape index (κ1) is 12.3. The Balaban J connectivity index is 2.58. The van der Waals surface area contributed by atoms with Gasteiger partial charge in [0.15, 0.2) is 15.8 Å². The molecule has 1 aliphatic rings. The van der Waals surface area contributed by atoms with Crippen molar-refractivity contribution in [3.8, 4) is 0 Å². The van der Waals surface area contributed by atoms with Gasteiger partial charge in [0.25, 0.3) is 0 Å². The van der Waals surface area contributed by atoms with Crippen LogP contribution >= 0.6 is 0 Å². The van der Waals surface area contributed by atoms with E-state index in [1.54, 1.807) is 0 Å². The van der Waals surface area contributed by atoms with Crippen LogP contribution in [0.15, 0.2) is 4.99 Å². The van der Waals surface area contributed by atoms with Gasteiger partial charge in [-0.1, -0.05) is 0 Å². The van der Waals surface area contributed by atoms with Gasteiger partial charge >= 0.3 is 0 Å². The highest BCUT2D eigenvalue weighted by atomic mass is 32.2. The van der Waals surface area contributed by atoms with Crippen molar-refractivity contribution in [3.05, 3.63) is 0 Å². The summed E-state index contributed by atoms with van der Waals surface area (Å²) >= 11 is 0. The molecule has 88 valence electrons. The number of hydrogen-bond donors (Lipinski definition) is 1. The van der Waals surface area contributed by atoms with E-state index in [4.69, 9.17) is 0 Å². The Morgan fingerprint density at radius 1 is 1.53 bits per heavy atom. The summed E-state index contributed by atoms with van der Waals surface area (Å²) in [5, 5.41) is 3.17. The van der Waals surface area contributed by atoms with Crippen molar-refractivity contribution in [2.45, 2.75) is 19.4 Å². The third kappa shape index (κ3) is 3.70. The summed E-state index contributed by atoms with van der Waals surface area (Å²) in [6.45, 7) is 2.65. The van der Waals surface area contributed by atoms with Crippen molar-refractivity contribution in [1.29, 1.82) is 0 Å². The molecule has 0 amide bonds. The van der Waals surface area contributed by atoms with Crippen LogP contribution < -0.4 is 5.32 Å². The number of aliphatic imine (C=N–C) groups is 1. The SMILES string of the molecule is CCN=C(NC1CCS(=O)(=O)C1)N(C)C. The lowest BCUT2D eigenvalue weighted by atomic mass is 10.3. The van der Waals surface area contributed by atoms with Gasteiger partial charge in [0.2, 0.25) is 0 Å². The molecule has 0 radical (unpaired) electrons. The summed E-state index contributed by atoms with van der Waals surface area (Å²) in [5.74, 6) is 1.28. The second-order valence-corrected chi connectivity index (χ2v) is 6.17. The molecule has 5 nitrogen and oxygen atoms in total. The highest BCUT2D eigenvalue weighted by Crippen LogP contribution is 2.11. The summed E-state index contributed by atoms with van der Waals surface area (Å²) in [7, 11) is 0.970. The van der Waals surface area contributed by atoms with Crippen molar-refractivity contribution in [1.82, 2.24) is 10.2 Å². The highest BCUT2D eigenvalue weighted by molar-refractivity contribution is 7.91. The monoisotopic (exact) mass is 233 g/mol. The van der Waals surface area contributed by atoms with Gasteiger partial charge in [0.05, 0.1) is 11.5 Å². The van der Waals surface area contributed by atoms with E-state index in [1.165, 1.54) is 0 Å². The van der Waals surface area contributed by atoms with Crippen molar-refractivity contribution in [2.75, 3.05) is 32.1 Å². The molecule has 0 spiro atoms. The number of guanidine groups is 1. The Kier molecular flexibility index (Phi) is 3.96. The van der Waals surface area contributed by atoms with E-state index in [2.05, 4.69) is 10.3 Å². The summed E-state index contributed by atoms with van der Waals surface area (Å²) in [5.41, 5.74) is 0. The average molecular weight is 233 g/mol. The van der Waals surface area contributed by atoms with Crippen LogP contribution in [0.3, 0.4) is 0 Å². The van der Waals surface area contributed by atoms with E-state index < -0.39 is 9.84 Å². The molecule has 1 heterocycles. The largest absolute Gasteiger partial charge is 0.352 e. The Morgan fingerprint density at radius 2 is 2.20 bits per heavy atom. The third-order valence-electron chi connectivity index (χ3n) is 2.30. The lowest BCUT2D eigenvalue weighted by Crippen LogP contribution is -2.43. The topological polar surface area (TPSA) is 61.8 Å². The zero-order chi connectivity index (χ0) is 11.5. The zero-order valence-electron chi connectivity index (χ0n) is 9.52. The van der Waals surface area contributed by atoms with Gasteiger partial charge in [-0.05, 0) is 13.3 Å². The molecule has 15 heavy (non-hydrogen) atoms. The lowest BCUT2D eigenvalue weighted by Gasteiger charge is -2.20. The second kappa shape index (κ2) is 4.83. The first-order chi connectivity index (χ1) is 6.94. The van der Waals surface area contributed by atoms with Crippen molar-refractivity contribution >= 4 is 15.8 Å². The van der Waals surface area contributed by atoms with E-state index in [1.807, 2.05) is 25.9 Å². The number of sulfone groups is 1. The number of nitrogens with zero attached hydrogens (tertiary/aromatic N) is 2. The molecule has 1 saturated heterocycles. The molecule has 0 aliphatic carbocycles. The van der Waals surface area contributed by atoms with E-state index in [-0.39, 0.29) is 17.5 Å². The maximum absolute atomic E-state index is 11.3. The van der Waals surface area contributed by atoms with Crippen LogP contribution in [0.2, 0.25) is 0 Å². The van der Waals surface area contributed by atoms with Crippen LogP contribution in [0.25, 0.3) is 0 Å². The third-order valence-corrected chi connectivity index (χ3v) is 4.07. The summed E-state index contributed by atoms with van der Waals surface area (Å²) in [4.78, 5) is 6.14. The Hall–Kier alpha value is -0.780. The van der Waals surface area contributed by atoms with Crippen LogP contribution in [0, 0.1) is 0 Å². The van der Waals surface area contributed by atoms with E-state index in [9.17, 15) is 8.42 Å². The molecule has 0 bridgehead atoms. The van der Waals surface area contributed by atoms with Gasteiger partial charge in [-0.2, -0.15) is 0 Å². The number of rotatable bonds is 2. The maximum atomic E-state index is 11.3. The van der Waals surface area contributed by atoms with Gasteiger partial charge in [0.1, 0.15) is 0 Å². The number of hydrogen-bond acceptors (Lipinski definition) is 3. The van der Waals surface area contributed by atoms with Crippen LogP contribution in [0.1, 0.15) is 13.3 Å². The fourth-order valence-electron chi connectivity index (χ4n) is 1.56. The molecule has 0 saturated carbocycles. The molecule has 1 atom stereocenters. The standard InChI is InChI=1S/C9H19N3O2S/c1-4-10-9(12(2)3)11-8-5-6-15(13,14)7-8/h8H,4-7H2,1-3H3,(H,10,11). The summed E-state index contributed by atoms with van der Waals surface area (Å²) in [6.07, 6.45) is 0.679. The van der Waals surface area contributed by atoms with Gasteiger partial charge in [-0.25, -0.2) is 8.42 Å². The minimum absolute atomic E-state index is 0.0164. The van der Waals surface area contributed by atoms with Crippen molar-refractivity contribution in [3.63, 3.8) is 0 Å². The smallest absolute Gasteiger partial charge is 0.193 e. The highest BCUT2D eigenvalue weighted by Gasteiger charge is 2.28. The Morgan fingerprint density at radius 3 is 2.60 bits per heavy atom. The maximum Gasteiger partial charge on any atom is 0.193 e. The van der Waals surface area contributed by atoms with Crippen LogP contribution in [0.4, 0.5) is 0 Å². The van der Waals surface area contributed by atoms with Gasteiger partial charge in [-0.3, -0.25) is 4.99 Å². The van der Waals surface area contributed by atoms with Crippen LogP contribution in [-0.2, 0) is 9.84 Å². The molecule has 1 unspecified atom stereocenters. The van der Waals surface area contributed by atoms with Gasteiger partial charge in [-0.15, -0.1) is 0 Å². The average Bonchev–Trinajstić information content (AvgIpc) is 2.44. The molecule has 0 aromatic carbocycles. The molecule has 1 rings (SSSR count). The fraction of sp³-hybridized carbons (Fsp3) is 0.889. The molecular formula is C9H19N3O2S. The zero-order valence-corrected chi connectivity index (χ0v) is 10.3. The van der Waals surface area contributed by atoms with Gasteiger partial charge < -0.3 is 10.2 Å². The van der Waals surface area contributed by atoms with Crippen molar-refractivity contribution in [2.24, 2.45) is 4.99 Å². The normalized spacial score (nSPS) is 25.3. The molecular weight excluding hydrogens is 214 g/mol. The molecule has 0 aromatic heterocycles. The van der Waals surface area contributed by atoms with Gasteiger partial charge in [0, 0.05) is 26.7 Å². The Labute approximate surface area is 91.5 Å². The molecule has 1 aliphatic heterocycles. The first-order valence-corrected chi connectivity index (χ1v) is 6.95. The first-order valence-electron chi connectivity index (χ1n) is 5.13. The predicted molar refractivity (Wildman–Crippen MR) is 61.9 cm³/mol. The molecule has 0 aromatic rings. The van der Waals surface area contributed by atoms with Crippen molar-refractivity contribution < 1.29 is 8.42 Å².